The summed E-state index contributed by atoms with van der Waals surface area (Å²) in [5.41, 5.74) is 2.57. The van der Waals surface area contributed by atoms with E-state index in [0.29, 0.717) is 30.8 Å². The van der Waals surface area contributed by atoms with Gasteiger partial charge in [0.05, 0.1) is 12.3 Å². The van der Waals surface area contributed by atoms with E-state index in [2.05, 4.69) is 38.0 Å². The van der Waals surface area contributed by atoms with Gasteiger partial charge in [-0.3, -0.25) is 4.79 Å². The summed E-state index contributed by atoms with van der Waals surface area (Å²) in [6, 6.07) is 10.1. The van der Waals surface area contributed by atoms with Gasteiger partial charge in [0.2, 0.25) is 0 Å². The van der Waals surface area contributed by atoms with Crippen molar-refractivity contribution >= 4 is 0 Å². The Morgan fingerprint density at radius 1 is 1.20 bits per heavy atom. The monoisotopic (exact) mass is 339 g/mol. The van der Waals surface area contributed by atoms with E-state index >= 15 is 0 Å². The van der Waals surface area contributed by atoms with Crippen molar-refractivity contribution in [3.63, 3.8) is 0 Å². The van der Waals surface area contributed by atoms with Gasteiger partial charge in [-0.1, -0.05) is 32.9 Å². The first-order chi connectivity index (χ1) is 11.7. The SMILES string of the molecule is Cc1nn(CCCOc2ccc(C(C)(C)C)cc2)c(=O)c(C#N)c1C. The van der Waals surface area contributed by atoms with E-state index in [1.54, 1.807) is 13.8 Å². The largest absolute Gasteiger partial charge is 0.494 e. The van der Waals surface area contributed by atoms with Gasteiger partial charge in [-0.2, -0.15) is 10.4 Å². The van der Waals surface area contributed by atoms with Crippen molar-refractivity contribution in [3.05, 3.63) is 57.0 Å². The predicted molar refractivity (Wildman–Crippen MR) is 97.9 cm³/mol. The topological polar surface area (TPSA) is 67.9 Å². The van der Waals surface area contributed by atoms with Crippen LogP contribution in [0.15, 0.2) is 29.1 Å². The van der Waals surface area contributed by atoms with E-state index in [-0.39, 0.29) is 16.5 Å². The lowest BCUT2D eigenvalue weighted by Crippen LogP contribution is -2.28. The average molecular weight is 339 g/mol. The molecule has 1 heterocycles. The van der Waals surface area contributed by atoms with Crippen LogP contribution in [-0.2, 0) is 12.0 Å². The molecular formula is C20H25N3O2. The van der Waals surface area contributed by atoms with Gasteiger partial charge >= 0.3 is 0 Å². The van der Waals surface area contributed by atoms with Crippen LogP contribution in [0, 0.1) is 25.2 Å². The number of hydrogen-bond acceptors (Lipinski definition) is 4. The highest BCUT2D eigenvalue weighted by atomic mass is 16.5. The van der Waals surface area contributed by atoms with Crippen LogP contribution in [0.1, 0.15) is 49.6 Å². The van der Waals surface area contributed by atoms with Crippen LogP contribution >= 0.6 is 0 Å². The summed E-state index contributed by atoms with van der Waals surface area (Å²) in [6.45, 7) is 11.0. The molecule has 0 N–H and O–H groups in total. The second-order valence-electron chi connectivity index (χ2n) is 7.20. The Balaban J connectivity index is 1.95. The number of ether oxygens (including phenoxy) is 1. The Morgan fingerprint density at radius 2 is 1.84 bits per heavy atom. The maximum atomic E-state index is 12.2. The lowest BCUT2D eigenvalue weighted by atomic mass is 9.87. The molecule has 25 heavy (non-hydrogen) atoms. The fraction of sp³-hybridized carbons (Fsp3) is 0.450. The second-order valence-corrected chi connectivity index (χ2v) is 7.20. The highest BCUT2D eigenvalue weighted by molar-refractivity contribution is 5.36. The molecule has 0 radical (unpaired) electrons. The minimum atomic E-state index is -0.333. The van der Waals surface area contributed by atoms with Crippen LogP contribution in [-0.4, -0.2) is 16.4 Å². The minimum absolute atomic E-state index is 0.118. The molecule has 5 nitrogen and oxygen atoms in total. The fourth-order valence-corrected chi connectivity index (χ4v) is 2.51. The first-order valence-electron chi connectivity index (χ1n) is 8.46. The molecule has 0 aliphatic heterocycles. The lowest BCUT2D eigenvalue weighted by molar-refractivity contribution is 0.296. The first-order valence-corrected chi connectivity index (χ1v) is 8.46. The number of benzene rings is 1. The van der Waals surface area contributed by atoms with Gasteiger partial charge in [0, 0.05) is 13.0 Å². The third-order valence-electron chi connectivity index (χ3n) is 4.25. The Hall–Kier alpha value is -2.61. The predicted octanol–water partition coefficient (Wildman–Crippen LogP) is 3.50. The molecule has 1 aromatic carbocycles. The zero-order chi connectivity index (χ0) is 18.6. The van der Waals surface area contributed by atoms with E-state index in [4.69, 9.17) is 10.00 Å². The van der Waals surface area contributed by atoms with Gasteiger partial charge in [-0.25, -0.2) is 4.68 Å². The molecule has 0 saturated carbocycles. The number of aryl methyl sites for hydroxylation is 2. The van der Waals surface area contributed by atoms with Gasteiger partial charge in [0.15, 0.2) is 0 Å². The number of nitrogens with zero attached hydrogens (tertiary/aromatic N) is 3. The molecule has 0 atom stereocenters. The van der Waals surface area contributed by atoms with E-state index in [1.807, 2.05) is 18.2 Å². The number of aromatic nitrogens is 2. The fourth-order valence-electron chi connectivity index (χ4n) is 2.51. The summed E-state index contributed by atoms with van der Waals surface area (Å²) in [5, 5.41) is 13.4. The number of nitriles is 1. The quantitative estimate of drug-likeness (QED) is 0.782. The summed E-state index contributed by atoms with van der Waals surface area (Å²) < 4.78 is 7.09. The van der Waals surface area contributed by atoms with Crippen molar-refractivity contribution in [1.29, 1.82) is 5.26 Å². The summed E-state index contributed by atoms with van der Waals surface area (Å²) in [7, 11) is 0. The Morgan fingerprint density at radius 3 is 2.40 bits per heavy atom. The smallest absolute Gasteiger partial charge is 0.284 e. The summed E-state index contributed by atoms with van der Waals surface area (Å²) in [5.74, 6) is 0.811. The summed E-state index contributed by atoms with van der Waals surface area (Å²) in [6.07, 6.45) is 0.640. The van der Waals surface area contributed by atoms with Crippen LogP contribution in [0.5, 0.6) is 5.75 Å². The molecule has 0 aliphatic carbocycles. The molecule has 0 amide bonds. The van der Waals surface area contributed by atoms with Crippen molar-refractivity contribution in [2.45, 2.75) is 53.0 Å². The van der Waals surface area contributed by atoms with Crippen LogP contribution in [0.25, 0.3) is 0 Å². The van der Waals surface area contributed by atoms with E-state index in [1.165, 1.54) is 10.2 Å². The maximum Gasteiger partial charge on any atom is 0.284 e. The van der Waals surface area contributed by atoms with E-state index < -0.39 is 0 Å². The third-order valence-corrected chi connectivity index (χ3v) is 4.25. The Kier molecular flexibility index (Phi) is 5.63. The molecule has 0 fully saturated rings. The molecule has 132 valence electrons. The number of rotatable bonds is 5. The van der Waals surface area contributed by atoms with Crippen LogP contribution in [0.2, 0.25) is 0 Å². The Labute approximate surface area is 148 Å². The van der Waals surface area contributed by atoms with Gasteiger partial charge < -0.3 is 4.74 Å². The molecule has 1 aromatic heterocycles. The Bertz CT molecular complexity index is 837. The van der Waals surface area contributed by atoms with Crippen molar-refractivity contribution in [1.82, 2.24) is 9.78 Å². The van der Waals surface area contributed by atoms with E-state index in [0.717, 1.165) is 5.75 Å². The zero-order valence-corrected chi connectivity index (χ0v) is 15.6. The van der Waals surface area contributed by atoms with Gasteiger partial charge in [-0.05, 0) is 42.5 Å². The molecule has 0 bridgehead atoms. The molecule has 2 aromatic rings. The minimum Gasteiger partial charge on any atom is -0.494 e. The van der Waals surface area contributed by atoms with Crippen molar-refractivity contribution < 1.29 is 4.74 Å². The van der Waals surface area contributed by atoms with Crippen molar-refractivity contribution in [2.75, 3.05) is 6.61 Å². The zero-order valence-electron chi connectivity index (χ0n) is 15.6. The lowest BCUT2D eigenvalue weighted by Gasteiger charge is -2.19. The molecule has 5 heteroatoms. The van der Waals surface area contributed by atoms with Crippen LogP contribution in [0.3, 0.4) is 0 Å². The molecule has 0 unspecified atom stereocenters. The van der Waals surface area contributed by atoms with Gasteiger partial charge in [0.1, 0.15) is 17.4 Å². The van der Waals surface area contributed by atoms with Crippen molar-refractivity contribution in [2.24, 2.45) is 0 Å². The molecular weight excluding hydrogens is 314 g/mol. The second kappa shape index (κ2) is 7.52. The standard InChI is InChI=1S/C20H25N3O2/c1-14-15(2)22-23(19(24)18(14)13-21)11-6-12-25-17-9-7-16(8-10-17)20(3,4)5/h7-10H,6,11-12H2,1-5H3. The van der Waals surface area contributed by atoms with E-state index in [9.17, 15) is 4.79 Å². The third kappa shape index (κ3) is 4.48. The van der Waals surface area contributed by atoms with Crippen molar-refractivity contribution in [3.8, 4) is 11.8 Å². The highest BCUT2D eigenvalue weighted by Crippen LogP contribution is 2.24. The van der Waals surface area contributed by atoms with Crippen LogP contribution < -0.4 is 10.3 Å². The van der Waals surface area contributed by atoms with Gasteiger partial charge in [0.25, 0.3) is 5.56 Å². The summed E-state index contributed by atoms with van der Waals surface area (Å²) >= 11 is 0. The van der Waals surface area contributed by atoms with Gasteiger partial charge in [-0.15, -0.1) is 0 Å². The molecule has 2 rings (SSSR count). The average Bonchev–Trinajstić information content (AvgIpc) is 2.56. The first kappa shape index (κ1) is 18.7. The normalized spacial score (nSPS) is 11.2. The maximum absolute atomic E-state index is 12.2. The molecule has 0 saturated heterocycles. The summed E-state index contributed by atoms with van der Waals surface area (Å²) in [4.78, 5) is 12.2. The van der Waals surface area contributed by atoms with Crippen LogP contribution in [0.4, 0.5) is 0 Å². The molecule has 0 aliphatic rings. The highest BCUT2D eigenvalue weighted by Gasteiger charge is 2.13. The molecule has 0 spiro atoms. The number of hydrogen-bond donors (Lipinski definition) is 0.